The Morgan fingerprint density at radius 3 is 0.575 bits per heavy atom. The molecule has 0 bridgehead atoms. The van der Waals surface area contributed by atoms with Crippen LogP contribution < -0.4 is 0 Å². The molecule has 0 saturated heterocycles. The van der Waals surface area contributed by atoms with Crippen molar-refractivity contribution in [2.24, 2.45) is 0 Å². The predicted molar refractivity (Wildman–Crippen MR) is 330 cm³/mol. The third-order valence-corrected chi connectivity index (χ3v) is 23.5. The Kier molecular flexibility index (Phi) is 19.5. The molecule has 0 unspecified atom stereocenters. The summed E-state index contributed by atoms with van der Waals surface area (Å²) in [5.74, 6) is 0. The van der Waals surface area contributed by atoms with Crippen LogP contribution >= 0.6 is 22.8 Å². The first-order chi connectivity index (χ1) is 42.0. The minimum Gasteiger partial charge on any atom is -0.382 e. The molecule has 1 fully saturated rings. The number of hydrogen-bond donors (Lipinski definition) is 6. The van der Waals surface area contributed by atoms with Gasteiger partial charge in [-0.1, -0.05) is 273 Å². The molecule has 9 aromatic rings. The Balaban J connectivity index is 1.41. The van der Waals surface area contributed by atoms with Gasteiger partial charge in [0.1, 0.15) is 11.2 Å². The molecule has 0 amide bonds. The highest BCUT2D eigenvalue weighted by Gasteiger charge is 3.00. The fraction of sp³-hybridized carbons (Fsp3) is 0.217. The summed E-state index contributed by atoms with van der Waals surface area (Å²) in [6, 6.07) is 72.0. The summed E-state index contributed by atoms with van der Waals surface area (Å²) in [7, 11) is -19.1. The normalized spacial score (nSPS) is 23.2. The zero-order chi connectivity index (χ0) is 61.1. The lowest BCUT2D eigenvalue weighted by Crippen LogP contribution is -2.95. The van der Waals surface area contributed by atoms with Gasteiger partial charge in [-0.05, 0) is 50.1 Å². The van der Waals surface area contributed by atoms with Crippen LogP contribution in [0.3, 0.4) is 0 Å². The van der Waals surface area contributed by atoms with Crippen molar-refractivity contribution in [3.05, 3.63) is 323 Å². The van der Waals surface area contributed by atoms with E-state index in [0.717, 1.165) is 0 Å². The van der Waals surface area contributed by atoms with Gasteiger partial charge in [0.25, 0.3) is 0 Å². The van der Waals surface area contributed by atoms with E-state index in [1.54, 1.807) is 224 Å². The van der Waals surface area contributed by atoms with E-state index in [1.807, 2.05) is 0 Å². The van der Waals surface area contributed by atoms with Crippen molar-refractivity contribution in [2.45, 2.75) is 91.7 Å². The molecular formula is C69H69O15P3. The number of rotatable bonds is 27. The molecule has 6 atom stereocenters. The summed E-state index contributed by atoms with van der Waals surface area (Å²) in [4.78, 5) is 0. The van der Waals surface area contributed by atoms with E-state index in [9.17, 15) is 0 Å². The largest absolute Gasteiger partial charge is 0.382 e. The molecule has 15 nitrogen and oxygen atoms in total. The molecule has 1 saturated carbocycles. The first-order valence-electron chi connectivity index (χ1n) is 28.3. The molecule has 0 aromatic heterocycles. The highest BCUT2D eigenvalue weighted by Crippen LogP contribution is 2.87. The Morgan fingerprint density at radius 1 is 0.218 bits per heavy atom. The molecule has 0 aliphatic heterocycles. The Morgan fingerprint density at radius 2 is 0.368 bits per heavy atom. The highest BCUT2D eigenvalue weighted by molar-refractivity contribution is 7.61. The number of hydrogen-bond acceptors (Lipinski definition) is 15. The smallest absolute Gasteiger partial charge is 0.369 e. The van der Waals surface area contributed by atoms with Gasteiger partial charge in [0.2, 0.25) is 16.0 Å². The first kappa shape index (κ1) is 63.2. The van der Waals surface area contributed by atoms with Crippen LogP contribution in [0.4, 0.5) is 0 Å². The van der Waals surface area contributed by atoms with Gasteiger partial charge in [0.05, 0.1) is 39.6 Å². The topological polar surface area (TPSA) is 228 Å². The molecule has 450 valence electrons. The van der Waals surface area contributed by atoms with Crippen LogP contribution in [0, 0.1) is 0 Å². The molecule has 0 heterocycles. The molecule has 18 heteroatoms. The fourth-order valence-corrected chi connectivity index (χ4v) is 19.6. The second-order valence-electron chi connectivity index (χ2n) is 21.6. The van der Waals surface area contributed by atoms with Crippen LogP contribution in [0.5, 0.6) is 0 Å². The quantitative estimate of drug-likeness (QED) is 0.0263. The van der Waals surface area contributed by atoms with Gasteiger partial charge >= 0.3 is 22.8 Å². The molecular weight excluding hydrogens is 1160 g/mol. The van der Waals surface area contributed by atoms with E-state index < -0.39 is 115 Å². The van der Waals surface area contributed by atoms with Crippen molar-refractivity contribution in [3.63, 3.8) is 0 Å². The summed E-state index contributed by atoms with van der Waals surface area (Å²) < 4.78 is 93.2. The molecule has 6 N–H and O–H groups in total. The van der Waals surface area contributed by atoms with Crippen LogP contribution in [0.15, 0.2) is 273 Å². The zero-order valence-corrected chi connectivity index (χ0v) is 50.2. The standard InChI is InChI=1S/C69H69O15P3/c70-64(46-55-28-10-1-11-29-55)65(71,47-56-30-12-2-13-31-56)68(74,86(77,81-51-60-38-20-6-21-39-60)82-52-61-40-22-7-23-41-61)69(75,87(78,83-53-62-42-24-8-25-43-62)84-54-63-44-26-9-27-45-63)66(72,48-57-32-14-3-15-33-57)67(64,73)85(76,79-49-58-34-16-4-17-35-58)80-50-59-36-18-5-19-37-59/h1-45,70-75H,46-54H2/t64-,65-,66+,67-,68-,69-/m0/s1. The molecule has 0 spiro atoms. The van der Waals surface area contributed by atoms with E-state index in [-0.39, 0.29) is 27.8 Å². The average Bonchev–Trinajstić information content (AvgIpc) is 0.626. The average molecular weight is 1230 g/mol. The van der Waals surface area contributed by atoms with Crippen molar-refractivity contribution in [1.82, 2.24) is 0 Å². The van der Waals surface area contributed by atoms with Gasteiger partial charge in [-0.15, -0.1) is 0 Å². The second-order valence-corrected chi connectivity index (χ2v) is 28.1. The van der Waals surface area contributed by atoms with Gasteiger partial charge in [-0.2, -0.15) is 0 Å². The lowest BCUT2D eigenvalue weighted by molar-refractivity contribution is -0.388. The maximum absolute atomic E-state index is 18.0. The maximum Gasteiger partial charge on any atom is 0.369 e. The Bertz CT molecular complexity index is 3640. The monoisotopic (exact) mass is 1230 g/mol. The van der Waals surface area contributed by atoms with E-state index >= 15 is 44.3 Å². The summed E-state index contributed by atoms with van der Waals surface area (Å²) in [6.07, 6.45) is -3.70. The minimum atomic E-state index is -6.47. The zero-order valence-electron chi connectivity index (χ0n) is 47.5. The van der Waals surface area contributed by atoms with Crippen molar-refractivity contribution in [3.8, 4) is 0 Å². The SMILES string of the molecule is O=P(OCc1ccccc1)(OCc1ccccc1)[C@]1(O)[C@](O)(Cc2ccccc2)[C@](O)(P(=O)(OCc2ccccc2)OCc2ccccc2)[C@@](O)(P(=O)(OCc2ccccc2)OCc2ccccc2)[C@](O)(Cc2ccccc2)[C@@]1(O)Cc1ccccc1. The third kappa shape index (κ3) is 12.1. The summed E-state index contributed by atoms with van der Waals surface area (Å²) in [5, 5.41) is 79.2. The predicted octanol–water partition coefficient (Wildman–Crippen LogP) is 12.9. The minimum absolute atomic E-state index is 0.00346. The van der Waals surface area contributed by atoms with E-state index in [2.05, 4.69) is 0 Å². The third-order valence-electron chi connectivity index (χ3n) is 16.0. The van der Waals surface area contributed by atoms with Crippen LogP contribution in [0.2, 0.25) is 0 Å². The summed E-state index contributed by atoms with van der Waals surface area (Å²) in [6.45, 7) is -4.53. The van der Waals surface area contributed by atoms with Gasteiger partial charge < -0.3 is 57.8 Å². The van der Waals surface area contributed by atoms with Crippen LogP contribution in [0.1, 0.15) is 50.1 Å². The van der Waals surface area contributed by atoms with Crippen LogP contribution in [0.25, 0.3) is 0 Å². The molecule has 1 aliphatic rings. The van der Waals surface area contributed by atoms with E-state index in [0.29, 0.717) is 22.3 Å². The summed E-state index contributed by atoms with van der Waals surface area (Å²) >= 11 is 0. The Hall–Kier alpha value is -6.81. The Labute approximate surface area is 506 Å². The molecule has 0 radical (unpaired) electrons. The van der Waals surface area contributed by atoms with Gasteiger partial charge in [-0.25, -0.2) is 0 Å². The molecule has 1 aliphatic carbocycles. The maximum atomic E-state index is 18.0. The number of aliphatic hydroxyl groups is 6. The molecule has 10 rings (SSSR count). The van der Waals surface area contributed by atoms with Crippen molar-refractivity contribution < 1.29 is 71.5 Å². The first-order valence-corrected chi connectivity index (χ1v) is 33.0. The molecule has 9 aromatic carbocycles. The highest BCUT2D eigenvalue weighted by atomic mass is 31.2. The number of benzene rings is 9. The van der Waals surface area contributed by atoms with Gasteiger partial charge in [0.15, 0.2) is 5.60 Å². The van der Waals surface area contributed by atoms with E-state index in [1.165, 1.54) is 48.5 Å². The van der Waals surface area contributed by atoms with Crippen LogP contribution in [-0.4, -0.2) is 63.5 Å². The van der Waals surface area contributed by atoms with Crippen molar-refractivity contribution in [2.75, 3.05) is 0 Å². The lowest BCUT2D eigenvalue weighted by Gasteiger charge is -2.72. The van der Waals surface area contributed by atoms with Gasteiger partial charge in [0, 0.05) is 19.3 Å². The molecule has 87 heavy (non-hydrogen) atoms. The fourth-order valence-electron chi connectivity index (χ4n) is 11.6. The van der Waals surface area contributed by atoms with E-state index in [4.69, 9.17) is 27.1 Å². The van der Waals surface area contributed by atoms with Gasteiger partial charge in [-0.3, -0.25) is 13.7 Å². The van der Waals surface area contributed by atoms with Crippen molar-refractivity contribution in [1.29, 1.82) is 0 Å². The van der Waals surface area contributed by atoms with Crippen molar-refractivity contribution >= 4 is 22.8 Å². The lowest BCUT2D eigenvalue weighted by atomic mass is 9.55. The second kappa shape index (κ2) is 26.9. The summed E-state index contributed by atoms with van der Waals surface area (Å²) in [5.41, 5.74) is -10.6. The van der Waals surface area contributed by atoms with Crippen LogP contribution in [-0.2, 0) is 99.7 Å².